The topological polar surface area (TPSA) is 93.7 Å². The zero-order chi connectivity index (χ0) is 21.0. The van der Waals surface area contributed by atoms with Crippen LogP contribution in [0.5, 0.6) is 11.5 Å². The summed E-state index contributed by atoms with van der Waals surface area (Å²) >= 11 is 1.10. The lowest BCUT2D eigenvalue weighted by Crippen LogP contribution is -2.47. The van der Waals surface area contributed by atoms with Crippen LogP contribution in [-0.2, 0) is 27.8 Å². The molecule has 0 bridgehead atoms. The van der Waals surface area contributed by atoms with Crippen molar-refractivity contribution in [2.45, 2.75) is 23.2 Å². The van der Waals surface area contributed by atoms with Gasteiger partial charge in [-0.25, -0.2) is 8.42 Å². The molecule has 156 valence electrons. The second-order valence-corrected chi connectivity index (χ2v) is 9.59. The molecule has 2 N–H and O–H groups in total. The van der Waals surface area contributed by atoms with Crippen molar-refractivity contribution in [1.29, 1.82) is 0 Å². The highest BCUT2D eigenvalue weighted by Crippen LogP contribution is 2.32. The molecular formula is C21H20N2O5S2. The van der Waals surface area contributed by atoms with Crippen molar-refractivity contribution in [3.05, 3.63) is 77.2 Å². The molecular weight excluding hydrogens is 424 g/mol. The van der Waals surface area contributed by atoms with E-state index in [1.165, 1.54) is 6.07 Å². The normalized spacial score (nSPS) is 13.7. The molecule has 9 heteroatoms. The molecule has 2 heterocycles. The monoisotopic (exact) mass is 444 g/mol. The van der Waals surface area contributed by atoms with E-state index >= 15 is 0 Å². The van der Waals surface area contributed by atoms with Crippen molar-refractivity contribution < 1.29 is 22.7 Å². The number of ether oxygens (including phenoxy) is 2. The SMILES string of the molecule is O=C(NCc1ccc2c(c1)OCO2)C(Cc1ccccc1)NS(=O)(=O)c1cccs1. The van der Waals surface area contributed by atoms with Crippen LogP contribution in [0.15, 0.2) is 70.3 Å². The first kappa shape index (κ1) is 20.4. The Morgan fingerprint density at radius 2 is 1.80 bits per heavy atom. The van der Waals surface area contributed by atoms with Gasteiger partial charge in [0, 0.05) is 6.54 Å². The Bertz CT molecular complexity index is 1120. The Morgan fingerprint density at radius 3 is 2.57 bits per heavy atom. The van der Waals surface area contributed by atoms with Crippen molar-refractivity contribution >= 4 is 27.3 Å². The lowest BCUT2D eigenvalue weighted by Gasteiger charge is -2.18. The maximum absolute atomic E-state index is 12.9. The second-order valence-electron chi connectivity index (χ2n) is 6.70. The van der Waals surface area contributed by atoms with Crippen molar-refractivity contribution in [2.75, 3.05) is 6.79 Å². The number of nitrogens with one attached hydrogen (secondary N) is 2. The van der Waals surface area contributed by atoms with Crippen LogP contribution in [0.25, 0.3) is 0 Å². The molecule has 0 saturated heterocycles. The third-order valence-corrected chi connectivity index (χ3v) is 7.43. The number of hydrogen-bond acceptors (Lipinski definition) is 6. The predicted octanol–water partition coefficient (Wildman–Crippen LogP) is 2.68. The predicted molar refractivity (Wildman–Crippen MR) is 113 cm³/mol. The van der Waals surface area contributed by atoms with Gasteiger partial charge in [-0.2, -0.15) is 4.72 Å². The Balaban J connectivity index is 1.48. The van der Waals surface area contributed by atoms with Gasteiger partial charge in [-0.3, -0.25) is 4.79 Å². The largest absolute Gasteiger partial charge is 0.454 e. The third-order valence-electron chi connectivity index (χ3n) is 4.56. The van der Waals surface area contributed by atoms with Crippen LogP contribution in [0.1, 0.15) is 11.1 Å². The Kier molecular flexibility index (Phi) is 6.03. The van der Waals surface area contributed by atoms with Gasteiger partial charge in [0.1, 0.15) is 10.3 Å². The number of amides is 1. The molecule has 1 atom stereocenters. The highest BCUT2D eigenvalue weighted by Gasteiger charge is 2.26. The molecule has 1 aromatic heterocycles. The molecule has 0 aliphatic carbocycles. The zero-order valence-electron chi connectivity index (χ0n) is 15.9. The molecule has 2 aromatic carbocycles. The van der Waals surface area contributed by atoms with Crippen LogP contribution in [-0.4, -0.2) is 27.2 Å². The molecule has 30 heavy (non-hydrogen) atoms. The number of carbonyl (C=O) groups excluding carboxylic acids is 1. The van der Waals surface area contributed by atoms with E-state index in [1.807, 2.05) is 36.4 Å². The molecule has 1 aliphatic rings. The summed E-state index contributed by atoms with van der Waals surface area (Å²) in [6, 6.07) is 16.9. The van der Waals surface area contributed by atoms with Crippen LogP contribution < -0.4 is 19.5 Å². The molecule has 0 saturated carbocycles. The molecule has 1 aliphatic heterocycles. The minimum Gasteiger partial charge on any atom is -0.454 e. The van der Waals surface area contributed by atoms with Crippen LogP contribution in [0.2, 0.25) is 0 Å². The van der Waals surface area contributed by atoms with E-state index in [0.717, 1.165) is 22.5 Å². The van der Waals surface area contributed by atoms with Gasteiger partial charge in [0.05, 0.1) is 0 Å². The Labute approximate surface area is 178 Å². The molecule has 0 radical (unpaired) electrons. The molecule has 1 amide bonds. The number of hydrogen-bond donors (Lipinski definition) is 2. The van der Waals surface area contributed by atoms with Crippen molar-refractivity contribution in [3.63, 3.8) is 0 Å². The minimum absolute atomic E-state index is 0.170. The number of thiophene rings is 1. The van der Waals surface area contributed by atoms with Crippen molar-refractivity contribution in [1.82, 2.24) is 10.0 Å². The van der Waals surface area contributed by atoms with Gasteiger partial charge in [-0.15, -0.1) is 11.3 Å². The van der Waals surface area contributed by atoms with Crippen LogP contribution in [0.3, 0.4) is 0 Å². The van der Waals surface area contributed by atoms with Crippen molar-refractivity contribution in [3.8, 4) is 11.5 Å². The summed E-state index contributed by atoms with van der Waals surface area (Å²) in [7, 11) is -3.80. The van der Waals surface area contributed by atoms with Gasteiger partial charge in [-0.1, -0.05) is 42.5 Å². The quantitative estimate of drug-likeness (QED) is 0.557. The summed E-state index contributed by atoms with van der Waals surface area (Å²) in [4.78, 5) is 12.9. The van der Waals surface area contributed by atoms with E-state index in [1.54, 1.807) is 23.6 Å². The summed E-state index contributed by atoms with van der Waals surface area (Å²) < 4.78 is 38.7. The summed E-state index contributed by atoms with van der Waals surface area (Å²) in [6.07, 6.45) is 0.235. The highest BCUT2D eigenvalue weighted by atomic mass is 32.2. The van der Waals surface area contributed by atoms with E-state index in [2.05, 4.69) is 10.0 Å². The number of sulfonamides is 1. The maximum Gasteiger partial charge on any atom is 0.250 e. The van der Waals surface area contributed by atoms with E-state index in [9.17, 15) is 13.2 Å². The molecule has 4 rings (SSSR count). The van der Waals surface area contributed by atoms with Gasteiger partial charge < -0.3 is 14.8 Å². The molecule has 3 aromatic rings. The van der Waals surface area contributed by atoms with E-state index < -0.39 is 22.0 Å². The zero-order valence-corrected chi connectivity index (χ0v) is 17.5. The molecule has 0 fully saturated rings. The average molecular weight is 445 g/mol. The van der Waals surface area contributed by atoms with E-state index in [0.29, 0.717) is 11.5 Å². The standard InChI is InChI=1S/C21H20N2O5S2/c24-21(22-13-16-8-9-18-19(12-16)28-14-27-18)17(11-15-5-2-1-3-6-15)23-30(25,26)20-7-4-10-29-20/h1-10,12,17,23H,11,13-14H2,(H,22,24). The Morgan fingerprint density at radius 1 is 1.00 bits per heavy atom. The second kappa shape index (κ2) is 8.86. The summed E-state index contributed by atoms with van der Waals surface area (Å²) in [5.74, 6) is 0.883. The molecule has 1 unspecified atom stereocenters. The van der Waals surface area contributed by atoms with Crippen LogP contribution in [0.4, 0.5) is 0 Å². The Hall–Kier alpha value is -2.88. The van der Waals surface area contributed by atoms with Crippen LogP contribution in [0, 0.1) is 0 Å². The fraction of sp³-hybridized carbons (Fsp3) is 0.190. The maximum atomic E-state index is 12.9. The highest BCUT2D eigenvalue weighted by molar-refractivity contribution is 7.91. The van der Waals surface area contributed by atoms with E-state index in [4.69, 9.17) is 9.47 Å². The first-order valence-corrected chi connectivity index (χ1v) is 11.6. The van der Waals surface area contributed by atoms with Gasteiger partial charge in [0.2, 0.25) is 12.7 Å². The molecule has 0 spiro atoms. The number of fused-ring (bicyclic) bond motifs is 1. The van der Waals surface area contributed by atoms with Crippen LogP contribution >= 0.6 is 11.3 Å². The number of rotatable bonds is 8. The summed E-state index contributed by atoms with van der Waals surface area (Å²) in [5, 5.41) is 4.50. The van der Waals surface area contributed by atoms with Gasteiger partial charge in [-0.05, 0) is 41.1 Å². The average Bonchev–Trinajstić information content (AvgIpc) is 3.44. The lowest BCUT2D eigenvalue weighted by atomic mass is 10.1. The van der Waals surface area contributed by atoms with Gasteiger partial charge >= 0.3 is 0 Å². The van der Waals surface area contributed by atoms with Gasteiger partial charge in [0.15, 0.2) is 11.5 Å². The minimum atomic E-state index is -3.80. The summed E-state index contributed by atoms with van der Waals surface area (Å²) in [5.41, 5.74) is 1.68. The first-order chi connectivity index (χ1) is 14.5. The third kappa shape index (κ3) is 4.81. The lowest BCUT2D eigenvalue weighted by molar-refractivity contribution is -0.122. The smallest absolute Gasteiger partial charge is 0.250 e. The fourth-order valence-corrected chi connectivity index (χ4v) is 5.27. The first-order valence-electron chi connectivity index (χ1n) is 9.27. The van der Waals surface area contributed by atoms with E-state index in [-0.39, 0.29) is 24.0 Å². The molecule has 7 nitrogen and oxygen atoms in total. The number of carbonyl (C=O) groups is 1. The summed E-state index contributed by atoms with van der Waals surface area (Å²) in [6.45, 7) is 0.413. The van der Waals surface area contributed by atoms with Crippen molar-refractivity contribution in [2.24, 2.45) is 0 Å². The van der Waals surface area contributed by atoms with Gasteiger partial charge in [0.25, 0.3) is 10.0 Å². The fourth-order valence-electron chi connectivity index (χ4n) is 3.06. The number of benzene rings is 2.